The quantitative estimate of drug-likeness (QED) is 0.348. The first-order chi connectivity index (χ1) is 17.9. The molecular weight excluding hydrogens is 468 g/mol. The number of aryl methyl sites for hydroxylation is 2. The number of aromatic nitrogens is 2. The van der Waals surface area contributed by atoms with Gasteiger partial charge in [-0.15, -0.1) is 0 Å². The molecule has 0 bridgehead atoms. The van der Waals surface area contributed by atoms with Crippen LogP contribution in [-0.2, 0) is 0 Å². The van der Waals surface area contributed by atoms with Crippen LogP contribution in [0.3, 0.4) is 0 Å². The van der Waals surface area contributed by atoms with Crippen molar-refractivity contribution in [3.63, 3.8) is 0 Å². The Morgan fingerprint density at radius 1 is 0.892 bits per heavy atom. The van der Waals surface area contributed by atoms with Gasteiger partial charge in [0.25, 0.3) is 5.89 Å². The molecule has 2 amide bonds. The number of benzene rings is 3. The number of carbonyl (C=O) groups excluding carboxylic acids is 1. The molecule has 0 radical (unpaired) electrons. The standard InChI is InChI=1S/C29H28N4O4/c1-17-13-18(2)15-22(14-17)33-19(3)25(26(30-29(33)34)20-9-7-6-8-10-20)28-31-27(32-37-28)21-11-12-23(35-4)24(16-21)36-5/h6-16,26H,1-5H3,(H,30,34). The summed E-state index contributed by atoms with van der Waals surface area (Å²) in [5.74, 6) is 1.90. The summed E-state index contributed by atoms with van der Waals surface area (Å²) >= 11 is 0. The minimum absolute atomic E-state index is 0.222. The highest BCUT2D eigenvalue weighted by Crippen LogP contribution is 2.40. The van der Waals surface area contributed by atoms with Gasteiger partial charge in [0, 0.05) is 11.3 Å². The molecule has 37 heavy (non-hydrogen) atoms. The highest BCUT2D eigenvalue weighted by atomic mass is 16.5. The second-order valence-corrected chi connectivity index (χ2v) is 8.97. The van der Waals surface area contributed by atoms with Gasteiger partial charge in [0.2, 0.25) is 5.82 Å². The van der Waals surface area contributed by atoms with Crippen LogP contribution in [0.2, 0.25) is 0 Å². The maximum absolute atomic E-state index is 13.4. The summed E-state index contributed by atoms with van der Waals surface area (Å²) in [5, 5.41) is 7.40. The lowest BCUT2D eigenvalue weighted by Gasteiger charge is -2.35. The maximum atomic E-state index is 13.4. The monoisotopic (exact) mass is 496 g/mol. The predicted molar refractivity (Wildman–Crippen MR) is 142 cm³/mol. The molecule has 3 aromatic carbocycles. The molecule has 1 unspecified atom stereocenters. The molecule has 5 rings (SSSR count). The van der Waals surface area contributed by atoms with Gasteiger partial charge in [-0.25, -0.2) is 4.79 Å². The summed E-state index contributed by atoms with van der Waals surface area (Å²) in [4.78, 5) is 19.8. The third kappa shape index (κ3) is 4.53. The molecule has 0 saturated carbocycles. The minimum Gasteiger partial charge on any atom is -0.493 e. The van der Waals surface area contributed by atoms with E-state index in [2.05, 4.69) is 16.5 Å². The van der Waals surface area contributed by atoms with Crippen LogP contribution in [0.15, 0.2) is 77.0 Å². The number of amides is 2. The van der Waals surface area contributed by atoms with Crippen molar-refractivity contribution in [2.24, 2.45) is 0 Å². The summed E-state index contributed by atoms with van der Waals surface area (Å²) in [5.41, 5.74) is 5.97. The average Bonchev–Trinajstić information content (AvgIpc) is 3.37. The third-order valence-electron chi connectivity index (χ3n) is 6.38. The molecular formula is C29H28N4O4. The smallest absolute Gasteiger partial charge is 0.326 e. The summed E-state index contributed by atoms with van der Waals surface area (Å²) in [6, 6.07) is 20.6. The van der Waals surface area contributed by atoms with Gasteiger partial charge in [-0.3, -0.25) is 4.90 Å². The fraction of sp³-hybridized carbons (Fsp3) is 0.207. The van der Waals surface area contributed by atoms with E-state index in [1.54, 1.807) is 31.3 Å². The lowest BCUT2D eigenvalue weighted by molar-refractivity contribution is 0.244. The Hall–Kier alpha value is -4.59. The topological polar surface area (TPSA) is 89.7 Å². The molecule has 0 saturated heterocycles. The Morgan fingerprint density at radius 2 is 1.59 bits per heavy atom. The Kier molecular flexibility index (Phi) is 6.40. The number of hydrogen-bond donors (Lipinski definition) is 1. The normalized spacial score (nSPS) is 15.5. The molecule has 0 aliphatic carbocycles. The molecule has 1 N–H and O–H groups in total. The molecule has 0 fully saturated rings. The first-order valence-corrected chi connectivity index (χ1v) is 11.9. The predicted octanol–water partition coefficient (Wildman–Crippen LogP) is 6.07. The van der Waals surface area contributed by atoms with Crippen LogP contribution in [0.4, 0.5) is 10.5 Å². The number of rotatable bonds is 6. The molecule has 4 aromatic rings. The van der Waals surface area contributed by atoms with Crippen LogP contribution in [0.1, 0.15) is 35.5 Å². The first-order valence-electron chi connectivity index (χ1n) is 11.9. The van der Waals surface area contributed by atoms with Gasteiger partial charge in [0.15, 0.2) is 11.5 Å². The summed E-state index contributed by atoms with van der Waals surface area (Å²) in [6.07, 6.45) is 0. The molecule has 8 heteroatoms. The van der Waals surface area contributed by atoms with Crippen LogP contribution in [0, 0.1) is 13.8 Å². The lowest BCUT2D eigenvalue weighted by Crippen LogP contribution is -2.46. The number of hydrogen-bond acceptors (Lipinski definition) is 6. The third-order valence-corrected chi connectivity index (χ3v) is 6.38. The van der Waals surface area contributed by atoms with Crippen LogP contribution < -0.4 is 19.7 Å². The minimum atomic E-state index is -0.463. The Bertz CT molecular complexity index is 1470. The molecule has 1 aliphatic rings. The van der Waals surface area contributed by atoms with Crippen LogP contribution in [-0.4, -0.2) is 30.4 Å². The molecule has 1 atom stereocenters. The van der Waals surface area contributed by atoms with Crippen molar-refractivity contribution in [3.05, 3.63) is 95.0 Å². The van der Waals surface area contributed by atoms with Crippen molar-refractivity contribution < 1.29 is 18.8 Å². The fourth-order valence-corrected chi connectivity index (χ4v) is 4.73. The van der Waals surface area contributed by atoms with Crippen molar-refractivity contribution in [2.45, 2.75) is 26.8 Å². The van der Waals surface area contributed by atoms with E-state index in [0.717, 1.165) is 28.0 Å². The van der Waals surface area contributed by atoms with E-state index in [-0.39, 0.29) is 6.03 Å². The van der Waals surface area contributed by atoms with Gasteiger partial charge < -0.3 is 19.3 Å². The van der Waals surface area contributed by atoms with Gasteiger partial charge in [-0.05, 0) is 67.8 Å². The molecule has 1 aromatic heterocycles. The van der Waals surface area contributed by atoms with Crippen LogP contribution in [0.25, 0.3) is 17.0 Å². The van der Waals surface area contributed by atoms with E-state index in [1.807, 2.05) is 69.3 Å². The van der Waals surface area contributed by atoms with E-state index in [4.69, 9.17) is 19.0 Å². The SMILES string of the molecule is COc1ccc(-c2noc(C3=C(C)N(c4cc(C)cc(C)c4)C(=O)NC3c3ccccc3)n2)cc1OC. The summed E-state index contributed by atoms with van der Waals surface area (Å²) in [6.45, 7) is 5.93. The van der Waals surface area contributed by atoms with E-state index in [9.17, 15) is 4.79 Å². The fourth-order valence-electron chi connectivity index (χ4n) is 4.73. The molecule has 8 nitrogen and oxygen atoms in total. The van der Waals surface area contributed by atoms with Crippen molar-refractivity contribution in [1.29, 1.82) is 0 Å². The first kappa shape index (κ1) is 24.1. The Labute approximate surface area is 215 Å². The van der Waals surface area contributed by atoms with E-state index >= 15 is 0 Å². The van der Waals surface area contributed by atoms with E-state index < -0.39 is 6.04 Å². The van der Waals surface area contributed by atoms with Crippen molar-refractivity contribution >= 4 is 17.3 Å². The van der Waals surface area contributed by atoms with Crippen molar-refractivity contribution in [2.75, 3.05) is 19.1 Å². The summed E-state index contributed by atoms with van der Waals surface area (Å²) in [7, 11) is 3.16. The van der Waals surface area contributed by atoms with Gasteiger partial charge in [0.1, 0.15) is 0 Å². The van der Waals surface area contributed by atoms with Gasteiger partial charge >= 0.3 is 6.03 Å². The second-order valence-electron chi connectivity index (χ2n) is 8.97. The molecule has 2 heterocycles. The Morgan fingerprint density at radius 3 is 2.27 bits per heavy atom. The number of urea groups is 1. The zero-order valence-corrected chi connectivity index (χ0v) is 21.4. The highest BCUT2D eigenvalue weighted by molar-refractivity contribution is 6.01. The maximum Gasteiger partial charge on any atom is 0.326 e. The lowest BCUT2D eigenvalue weighted by atomic mass is 9.94. The van der Waals surface area contributed by atoms with Gasteiger partial charge in [-0.2, -0.15) is 4.98 Å². The molecule has 1 aliphatic heterocycles. The number of methoxy groups -OCH3 is 2. The van der Waals surface area contributed by atoms with Crippen molar-refractivity contribution in [3.8, 4) is 22.9 Å². The van der Waals surface area contributed by atoms with Gasteiger partial charge in [-0.1, -0.05) is 41.6 Å². The Balaban J connectivity index is 1.64. The van der Waals surface area contributed by atoms with E-state index in [0.29, 0.717) is 34.5 Å². The van der Waals surface area contributed by atoms with Crippen molar-refractivity contribution in [1.82, 2.24) is 15.5 Å². The van der Waals surface area contributed by atoms with E-state index in [1.165, 1.54) is 0 Å². The number of nitrogens with one attached hydrogen (secondary N) is 1. The zero-order chi connectivity index (χ0) is 26.1. The average molecular weight is 497 g/mol. The number of ether oxygens (including phenoxy) is 2. The number of carbonyl (C=O) groups is 1. The number of nitrogens with zero attached hydrogens (tertiary/aromatic N) is 3. The molecule has 188 valence electrons. The summed E-state index contributed by atoms with van der Waals surface area (Å²) < 4.78 is 16.6. The van der Waals surface area contributed by atoms with Gasteiger partial charge in [0.05, 0.1) is 31.5 Å². The van der Waals surface area contributed by atoms with Crippen LogP contribution in [0.5, 0.6) is 11.5 Å². The van der Waals surface area contributed by atoms with Crippen LogP contribution >= 0.6 is 0 Å². The number of allylic oxidation sites excluding steroid dienone is 1. The highest BCUT2D eigenvalue weighted by Gasteiger charge is 2.36. The number of anilines is 1. The second kappa shape index (κ2) is 9.81. The zero-order valence-electron chi connectivity index (χ0n) is 21.4. The largest absolute Gasteiger partial charge is 0.493 e. The molecule has 0 spiro atoms.